The van der Waals surface area contributed by atoms with E-state index in [0.717, 1.165) is 36.5 Å². The molecule has 0 amide bonds. The third-order valence-corrected chi connectivity index (χ3v) is 7.17. The predicted octanol–water partition coefficient (Wildman–Crippen LogP) is 3.91. The fraction of sp³-hybridized carbons (Fsp3) is 0.208. The topological polar surface area (TPSA) is 112 Å². The molecule has 2 aromatic rings. The molecule has 2 aromatic carbocycles. The summed E-state index contributed by atoms with van der Waals surface area (Å²) in [6, 6.07) is 10.6. The average molecular weight is 489 g/mol. The molecule has 9 heteroatoms. The fourth-order valence-electron chi connectivity index (χ4n) is 3.71. The van der Waals surface area contributed by atoms with Crippen LogP contribution >= 0.6 is 0 Å². The summed E-state index contributed by atoms with van der Waals surface area (Å²) in [5, 5.41) is 0. The molecule has 0 aromatic heterocycles. The molecule has 0 heterocycles. The normalized spacial score (nSPS) is 14.0. The van der Waals surface area contributed by atoms with Crippen molar-refractivity contribution in [1.82, 2.24) is 0 Å². The molecular formula is C24H26NO6S2+. The summed E-state index contributed by atoms with van der Waals surface area (Å²) in [7, 11) is -9.49. The standard InChI is InChI=1S/C24H25NO6S2/c1-4-25(5-2)20-12-10-19(11-13-20)24(18-8-6-17(3)7-9-18)22-15-14-21(32(26,27)28)16-23(22)33(29,30)31/h6-16H,4-5H2,1-3H3,(H-,26,27,28,29,30,31)/p+1. The van der Waals surface area contributed by atoms with E-state index in [1.165, 1.54) is 6.07 Å². The smallest absolute Gasteiger partial charge is 0.282 e. The molecule has 0 bridgehead atoms. The molecule has 0 saturated carbocycles. The van der Waals surface area contributed by atoms with Crippen LogP contribution in [-0.2, 0) is 20.2 Å². The Kier molecular flexibility index (Phi) is 7.18. The molecular weight excluding hydrogens is 462 g/mol. The molecule has 0 atom stereocenters. The SMILES string of the molecule is CC[N+](CC)=C1C=CC(=C(c2ccc(C)cc2)c2ccc(S(=O)(=O)O)cc2S(=O)(=O)O)C=C1. The largest absolute Gasteiger partial charge is 0.295 e. The van der Waals surface area contributed by atoms with Crippen LogP contribution in [0.5, 0.6) is 0 Å². The molecule has 33 heavy (non-hydrogen) atoms. The van der Waals surface area contributed by atoms with Gasteiger partial charge in [0, 0.05) is 17.7 Å². The first kappa shape index (κ1) is 24.8. The van der Waals surface area contributed by atoms with Crippen LogP contribution in [0, 0.1) is 6.92 Å². The number of hydrogen-bond acceptors (Lipinski definition) is 4. The fourth-order valence-corrected chi connectivity index (χ4v) is 5.01. The van der Waals surface area contributed by atoms with Crippen molar-refractivity contribution in [2.24, 2.45) is 0 Å². The Labute approximate surface area is 194 Å². The van der Waals surface area contributed by atoms with E-state index >= 15 is 0 Å². The van der Waals surface area contributed by atoms with Crippen LogP contribution in [0.25, 0.3) is 5.57 Å². The molecule has 2 N–H and O–H groups in total. The highest BCUT2D eigenvalue weighted by Crippen LogP contribution is 2.35. The van der Waals surface area contributed by atoms with Crippen LogP contribution in [0.4, 0.5) is 0 Å². The van der Waals surface area contributed by atoms with Crippen LogP contribution in [0.2, 0.25) is 0 Å². The van der Waals surface area contributed by atoms with Gasteiger partial charge >= 0.3 is 0 Å². The van der Waals surface area contributed by atoms with Crippen LogP contribution in [0.15, 0.2) is 82.1 Å². The molecule has 7 nitrogen and oxygen atoms in total. The molecule has 3 rings (SSSR count). The van der Waals surface area contributed by atoms with Crippen molar-refractivity contribution in [3.05, 3.63) is 89.0 Å². The van der Waals surface area contributed by atoms with E-state index in [4.69, 9.17) is 0 Å². The third-order valence-electron chi connectivity index (χ3n) is 5.42. The monoisotopic (exact) mass is 488 g/mol. The molecule has 0 saturated heterocycles. The highest BCUT2D eigenvalue weighted by atomic mass is 32.2. The zero-order chi connectivity index (χ0) is 24.4. The van der Waals surface area contributed by atoms with E-state index in [1.54, 1.807) is 0 Å². The second-order valence-electron chi connectivity index (χ2n) is 7.57. The Hall–Kier alpha value is -2.85. The minimum Gasteiger partial charge on any atom is -0.282 e. The Morgan fingerprint density at radius 2 is 1.39 bits per heavy atom. The van der Waals surface area contributed by atoms with Gasteiger partial charge in [0.2, 0.25) is 0 Å². The lowest BCUT2D eigenvalue weighted by atomic mass is 9.90. The van der Waals surface area contributed by atoms with Gasteiger partial charge in [-0.05, 0) is 61.8 Å². The second kappa shape index (κ2) is 9.56. The third kappa shape index (κ3) is 5.56. The number of hydrogen-bond donors (Lipinski definition) is 2. The molecule has 174 valence electrons. The number of rotatable bonds is 6. The highest BCUT2D eigenvalue weighted by Gasteiger charge is 2.24. The van der Waals surface area contributed by atoms with E-state index < -0.39 is 30.0 Å². The van der Waals surface area contributed by atoms with Gasteiger partial charge in [0.05, 0.1) is 4.90 Å². The van der Waals surface area contributed by atoms with Crippen LogP contribution < -0.4 is 0 Å². The van der Waals surface area contributed by atoms with Crippen molar-refractivity contribution in [2.75, 3.05) is 13.1 Å². The van der Waals surface area contributed by atoms with Gasteiger partial charge in [-0.25, -0.2) is 4.58 Å². The highest BCUT2D eigenvalue weighted by molar-refractivity contribution is 7.86. The Balaban J connectivity index is 2.35. The molecule has 0 fully saturated rings. The van der Waals surface area contributed by atoms with Crippen LogP contribution in [0.3, 0.4) is 0 Å². The quantitative estimate of drug-likeness (QED) is 0.471. The molecule has 1 aliphatic carbocycles. The lowest BCUT2D eigenvalue weighted by Crippen LogP contribution is -2.19. The van der Waals surface area contributed by atoms with Gasteiger partial charge < -0.3 is 0 Å². The van der Waals surface area contributed by atoms with Gasteiger partial charge in [0.25, 0.3) is 20.2 Å². The summed E-state index contributed by atoms with van der Waals surface area (Å²) in [5.41, 5.74) is 3.98. The Morgan fingerprint density at radius 1 is 0.818 bits per heavy atom. The lowest BCUT2D eigenvalue weighted by molar-refractivity contribution is -0.519. The summed E-state index contributed by atoms with van der Waals surface area (Å²) in [5.74, 6) is 0. The summed E-state index contributed by atoms with van der Waals surface area (Å²) in [6.07, 6.45) is 7.56. The summed E-state index contributed by atoms with van der Waals surface area (Å²) in [4.78, 5) is -1.24. The van der Waals surface area contributed by atoms with Gasteiger partial charge in [-0.15, -0.1) is 0 Å². The first-order chi connectivity index (χ1) is 15.5. The maximum atomic E-state index is 12.2. The number of benzene rings is 2. The van der Waals surface area contributed by atoms with Crippen molar-refractivity contribution in [1.29, 1.82) is 0 Å². The minimum atomic E-state index is -4.82. The maximum absolute atomic E-state index is 12.2. The van der Waals surface area contributed by atoms with Crippen molar-refractivity contribution in [3.63, 3.8) is 0 Å². The van der Waals surface area contributed by atoms with Crippen molar-refractivity contribution in [3.8, 4) is 0 Å². The van der Waals surface area contributed by atoms with Crippen molar-refractivity contribution in [2.45, 2.75) is 30.6 Å². The average Bonchev–Trinajstić information content (AvgIpc) is 2.76. The van der Waals surface area contributed by atoms with Gasteiger partial charge in [-0.3, -0.25) is 9.11 Å². The van der Waals surface area contributed by atoms with Gasteiger partial charge in [-0.2, -0.15) is 16.8 Å². The molecule has 0 unspecified atom stereocenters. The van der Waals surface area contributed by atoms with E-state index in [9.17, 15) is 25.9 Å². The first-order valence-electron chi connectivity index (χ1n) is 10.3. The minimum absolute atomic E-state index is 0.115. The van der Waals surface area contributed by atoms with Crippen molar-refractivity contribution < 1.29 is 30.5 Å². The maximum Gasteiger partial charge on any atom is 0.295 e. The van der Waals surface area contributed by atoms with Crippen LogP contribution in [0.1, 0.15) is 30.5 Å². The second-order valence-corrected chi connectivity index (χ2v) is 10.4. The van der Waals surface area contributed by atoms with E-state index in [2.05, 4.69) is 18.4 Å². The number of nitrogens with zero attached hydrogens (tertiary/aromatic N) is 1. The van der Waals surface area contributed by atoms with Gasteiger partial charge in [0.1, 0.15) is 18.0 Å². The van der Waals surface area contributed by atoms with Gasteiger partial charge in [-0.1, -0.05) is 35.9 Å². The zero-order valence-electron chi connectivity index (χ0n) is 18.6. The lowest BCUT2D eigenvalue weighted by Gasteiger charge is -2.17. The van der Waals surface area contributed by atoms with Crippen molar-refractivity contribution >= 4 is 31.5 Å². The zero-order valence-corrected chi connectivity index (χ0v) is 20.2. The number of aryl methyl sites for hydroxylation is 1. The van der Waals surface area contributed by atoms with Crippen LogP contribution in [-0.4, -0.2) is 49.3 Å². The van der Waals surface area contributed by atoms with E-state index in [0.29, 0.717) is 16.7 Å². The molecule has 1 aliphatic rings. The Bertz CT molecular complexity index is 1390. The summed E-state index contributed by atoms with van der Waals surface area (Å²) < 4.78 is 69.1. The Morgan fingerprint density at radius 3 is 1.88 bits per heavy atom. The van der Waals surface area contributed by atoms with E-state index in [1.807, 2.05) is 55.5 Å². The summed E-state index contributed by atoms with van der Waals surface area (Å²) in [6.45, 7) is 7.68. The molecule has 0 spiro atoms. The molecule has 0 radical (unpaired) electrons. The number of allylic oxidation sites excluding steroid dienone is 5. The van der Waals surface area contributed by atoms with E-state index in [-0.39, 0.29) is 5.56 Å². The molecule has 0 aliphatic heterocycles. The van der Waals surface area contributed by atoms with Gasteiger partial charge in [0.15, 0.2) is 5.71 Å². The summed E-state index contributed by atoms with van der Waals surface area (Å²) >= 11 is 0. The first-order valence-corrected chi connectivity index (χ1v) is 13.2. The predicted molar refractivity (Wildman–Crippen MR) is 128 cm³/mol.